The molecule has 234 valence electrons. The highest BCUT2D eigenvalue weighted by molar-refractivity contribution is 6.61. The smallest absolute Gasteiger partial charge is 0.374 e. The lowest BCUT2D eigenvalue weighted by atomic mass is 10.0. The van der Waals surface area contributed by atoms with Gasteiger partial charge in [-0.15, -0.1) is 0 Å². The van der Waals surface area contributed by atoms with Crippen LogP contribution in [0.5, 0.6) is 0 Å². The van der Waals surface area contributed by atoms with E-state index in [0.717, 1.165) is 36.1 Å². The molecule has 2 aromatic rings. The highest BCUT2D eigenvalue weighted by Gasteiger charge is 2.40. The van der Waals surface area contributed by atoms with Crippen molar-refractivity contribution < 1.29 is 26.6 Å². The molecule has 0 saturated heterocycles. The summed E-state index contributed by atoms with van der Waals surface area (Å²) in [5.41, 5.74) is 4.49. The van der Waals surface area contributed by atoms with Crippen molar-refractivity contribution in [2.45, 2.75) is 66.5 Å². The molecule has 0 unspecified atom stereocenters. The summed E-state index contributed by atoms with van der Waals surface area (Å²) in [4.78, 5) is 9.24. The van der Waals surface area contributed by atoms with E-state index in [9.17, 15) is 0 Å². The van der Waals surface area contributed by atoms with E-state index in [1.165, 1.54) is 11.1 Å². The Labute approximate surface area is 256 Å². The van der Waals surface area contributed by atoms with Crippen molar-refractivity contribution >= 4 is 30.0 Å². The summed E-state index contributed by atoms with van der Waals surface area (Å²) >= 11 is 0. The first-order valence-corrected chi connectivity index (χ1v) is 19.4. The minimum atomic E-state index is -2.60. The first kappa shape index (κ1) is 36.2. The van der Waals surface area contributed by atoms with Crippen LogP contribution in [0.1, 0.15) is 65.5 Å². The molecule has 0 fully saturated rings. The van der Waals surface area contributed by atoms with Crippen LogP contribution in [0.15, 0.2) is 58.5 Å². The molecule has 10 heteroatoms. The van der Waals surface area contributed by atoms with Crippen LogP contribution >= 0.6 is 0 Å². The zero-order valence-electron chi connectivity index (χ0n) is 26.6. The van der Waals surface area contributed by atoms with Crippen molar-refractivity contribution in [1.29, 1.82) is 0 Å². The Bertz CT molecular complexity index is 917. The highest BCUT2D eigenvalue weighted by atomic mass is 28.4. The Balaban J connectivity index is 1.84. The first-order valence-electron chi connectivity index (χ1n) is 15.5. The molecule has 0 aliphatic carbocycles. The molecule has 2 rings (SSSR count). The van der Waals surface area contributed by atoms with Crippen LogP contribution < -0.4 is 0 Å². The Hall–Kier alpha value is -2.03. The molecule has 0 aromatic heterocycles. The van der Waals surface area contributed by atoms with Crippen LogP contribution in [0.25, 0.3) is 11.1 Å². The van der Waals surface area contributed by atoms with Crippen LogP contribution in [-0.4, -0.2) is 82.8 Å². The summed E-state index contributed by atoms with van der Waals surface area (Å²) in [6, 6.07) is 18.5. The minimum absolute atomic E-state index is 0.597. The van der Waals surface area contributed by atoms with Crippen molar-refractivity contribution in [3.05, 3.63) is 59.7 Å². The van der Waals surface area contributed by atoms with Crippen molar-refractivity contribution in [1.82, 2.24) is 0 Å². The molecule has 0 radical (unpaired) electrons. The van der Waals surface area contributed by atoms with Crippen LogP contribution in [-0.2, 0) is 26.6 Å². The van der Waals surface area contributed by atoms with Gasteiger partial charge in [0.2, 0.25) is 0 Å². The second kappa shape index (κ2) is 20.8. The van der Waals surface area contributed by atoms with E-state index in [1.807, 2.05) is 54.0 Å². The van der Waals surface area contributed by atoms with Gasteiger partial charge in [-0.05, 0) is 76.6 Å². The highest BCUT2D eigenvalue weighted by Crippen LogP contribution is 2.21. The van der Waals surface area contributed by atoms with E-state index in [4.69, 9.17) is 26.6 Å². The topological polar surface area (TPSA) is 80.1 Å². The van der Waals surface area contributed by atoms with Crippen LogP contribution in [0.4, 0.5) is 0 Å². The van der Waals surface area contributed by atoms with Gasteiger partial charge in [-0.3, -0.25) is 9.98 Å². The number of rotatable bonds is 23. The molecule has 0 atom stereocenters. The van der Waals surface area contributed by atoms with Crippen molar-refractivity contribution in [3.8, 4) is 11.1 Å². The molecule has 0 spiro atoms. The fourth-order valence-corrected chi connectivity index (χ4v) is 9.83. The molecule has 0 aliphatic rings. The van der Waals surface area contributed by atoms with E-state index < -0.39 is 17.6 Å². The van der Waals surface area contributed by atoms with Gasteiger partial charge in [-0.2, -0.15) is 0 Å². The lowest BCUT2D eigenvalue weighted by Gasteiger charge is -2.28. The third kappa shape index (κ3) is 12.7. The van der Waals surface area contributed by atoms with Crippen LogP contribution in [0.3, 0.4) is 0 Å². The number of hydrogen-bond acceptors (Lipinski definition) is 8. The zero-order chi connectivity index (χ0) is 30.5. The van der Waals surface area contributed by atoms with Gasteiger partial charge in [-0.25, -0.2) is 0 Å². The van der Waals surface area contributed by atoms with Crippen molar-refractivity contribution in [2.24, 2.45) is 9.98 Å². The quantitative estimate of drug-likeness (QED) is 0.0755. The van der Waals surface area contributed by atoms with Gasteiger partial charge in [0.1, 0.15) is 0 Å². The Morgan fingerprint density at radius 2 is 0.762 bits per heavy atom. The lowest BCUT2D eigenvalue weighted by Crippen LogP contribution is -2.46. The first-order chi connectivity index (χ1) is 20.5. The predicted octanol–water partition coefficient (Wildman–Crippen LogP) is 7.07. The number of nitrogens with zero attached hydrogens (tertiary/aromatic N) is 2. The molecular formula is C32H52N2O6Si2. The molecular weight excluding hydrogens is 565 g/mol. The summed E-state index contributed by atoms with van der Waals surface area (Å²) in [6.45, 7) is 16.9. The maximum Gasteiger partial charge on any atom is 0.500 e. The fraction of sp³-hybridized carbons (Fsp3) is 0.562. The van der Waals surface area contributed by atoms with E-state index >= 15 is 0 Å². The SMILES string of the molecule is CCO[Si](CCC/N=C/c1ccc(-c2ccc(/C=N/CCC[Si](OCC)(OCC)OCC)cc2)cc1)(OCC)OCC. The van der Waals surface area contributed by atoms with Gasteiger partial charge < -0.3 is 26.6 Å². The van der Waals surface area contributed by atoms with Crippen LogP contribution in [0, 0.1) is 0 Å². The minimum Gasteiger partial charge on any atom is -0.374 e. The average Bonchev–Trinajstić information content (AvgIpc) is 2.98. The van der Waals surface area contributed by atoms with Gasteiger partial charge in [0, 0.05) is 77.2 Å². The number of benzene rings is 2. The molecule has 0 saturated carbocycles. The standard InChI is InChI=1S/C32H52N2O6Si2/c1-7-35-41(36-8-2,37-9-3)25-13-23-33-27-29-15-19-31(20-16-29)32-21-17-30(18-22-32)28-34-24-14-26-42(38-10-4,39-11-5)40-12-6/h15-22,27-28H,7-14,23-26H2,1-6H3/b33-27+,34-28+. The average molecular weight is 617 g/mol. The van der Waals surface area contributed by atoms with E-state index in [2.05, 4.69) is 58.5 Å². The van der Waals surface area contributed by atoms with Crippen molar-refractivity contribution in [2.75, 3.05) is 52.7 Å². The van der Waals surface area contributed by atoms with Gasteiger partial charge in [-0.1, -0.05) is 48.5 Å². The maximum absolute atomic E-state index is 5.92. The Kier molecular flexibility index (Phi) is 17.9. The number of aliphatic imine (C=N–C) groups is 2. The Morgan fingerprint density at radius 1 is 0.476 bits per heavy atom. The monoisotopic (exact) mass is 616 g/mol. The van der Waals surface area contributed by atoms with Gasteiger partial charge >= 0.3 is 17.6 Å². The van der Waals surface area contributed by atoms with E-state index in [-0.39, 0.29) is 0 Å². The molecule has 42 heavy (non-hydrogen) atoms. The molecule has 0 bridgehead atoms. The van der Waals surface area contributed by atoms with Gasteiger partial charge in [0.05, 0.1) is 0 Å². The normalized spacial score (nSPS) is 12.6. The molecule has 2 aromatic carbocycles. The largest absolute Gasteiger partial charge is 0.500 e. The van der Waals surface area contributed by atoms with Crippen molar-refractivity contribution in [3.63, 3.8) is 0 Å². The molecule has 0 aliphatic heterocycles. The predicted molar refractivity (Wildman–Crippen MR) is 177 cm³/mol. The van der Waals surface area contributed by atoms with E-state index in [1.54, 1.807) is 0 Å². The maximum atomic E-state index is 5.92. The lowest BCUT2D eigenvalue weighted by molar-refractivity contribution is 0.0702. The summed E-state index contributed by atoms with van der Waals surface area (Å²) < 4.78 is 35.5. The second-order valence-electron chi connectivity index (χ2n) is 9.49. The fourth-order valence-electron chi connectivity index (χ4n) is 4.64. The van der Waals surface area contributed by atoms with E-state index in [0.29, 0.717) is 52.7 Å². The summed E-state index contributed by atoms with van der Waals surface area (Å²) in [5, 5.41) is 0. The van der Waals surface area contributed by atoms with Gasteiger partial charge in [0.25, 0.3) is 0 Å². The summed E-state index contributed by atoms with van der Waals surface area (Å²) in [5.74, 6) is 0. The third-order valence-electron chi connectivity index (χ3n) is 6.36. The molecule has 0 amide bonds. The molecule has 0 heterocycles. The zero-order valence-corrected chi connectivity index (χ0v) is 28.6. The molecule has 8 nitrogen and oxygen atoms in total. The number of hydrogen-bond donors (Lipinski definition) is 0. The van der Waals surface area contributed by atoms with Gasteiger partial charge in [0.15, 0.2) is 0 Å². The molecule has 0 N–H and O–H groups in total. The summed E-state index contributed by atoms with van der Waals surface area (Å²) in [7, 11) is -5.19. The Morgan fingerprint density at radius 3 is 1.02 bits per heavy atom. The third-order valence-corrected chi connectivity index (χ3v) is 12.7. The van der Waals surface area contributed by atoms with Crippen LogP contribution in [0.2, 0.25) is 12.1 Å². The second-order valence-corrected chi connectivity index (χ2v) is 14.9. The summed E-state index contributed by atoms with van der Waals surface area (Å²) in [6.07, 6.45) is 5.59.